The molecule has 0 heterocycles. The lowest BCUT2D eigenvalue weighted by molar-refractivity contribution is -0.384. The monoisotopic (exact) mass is 397 g/mol. The van der Waals surface area contributed by atoms with Crippen molar-refractivity contribution in [1.82, 2.24) is 0 Å². The number of nitro benzene ring substituents is 1. The second-order valence-electron chi connectivity index (χ2n) is 7.61. The maximum Gasteiger partial charge on any atom is 0.269 e. The summed E-state index contributed by atoms with van der Waals surface area (Å²) in [6, 6.07) is 20.9. The third-order valence-electron chi connectivity index (χ3n) is 6.18. The Morgan fingerprint density at radius 1 is 0.800 bits per heavy atom. The first kappa shape index (κ1) is 18.1. The minimum Gasteiger partial charge on any atom is -0.294 e. The van der Waals surface area contributed by atoms with Crippen LogP contribution in [0.1, 0.15) is 42.6 Å². The highest BCUT2D eigenvalue weighted by Gasteiger charge is 2.78. The van der Waals surface area contributed by atoms with Crippen LogP contribution in [0.2, 0.25) is 0 Å². The Morgan fingerprint density at radius 3 is 1.87 bits per heavy atom. The van der Waals surface area contributed by atoms with Gasteiger partial charge in [-0.15, -0.1) is 0 Å². The minimum absolute atomic E-state index is 0.0910. The molecule has 0 unspecified atom stereocenters. The molecular weight excluding hydrogens is 382 g/mol. The number of Topliss-reactive ketones (excluding diaryl/α,β-unsaturated/α-hetero) is 3. The van der Waals surface area contributed by atoms with Gasteiger partial charge in [0.05, 0.1) is 10.8 Å². The van der Waals surface area contributed by atoms with Gasteiger partial charge in [-0.3, -0.25) is 24.5 Å². The summed E-state index contributed by atoms with van der Waals surface area (Å²) in [6.45, 7) is 0. The van der Waals surface area contributed by atoms with Gasteiger partial charge in [-0.25, -0.2) is 0 Å². The van der Waals surface area contributed by atoms with Crippen LogP contribution in [0.15, 0.2) is 78.9 Å². The van der Waals surface area contributed by atoms with Crippen molar-refractivity contribution in [2.24, 2.45) is 11.3 Å². The molecule has 3 aromatic rings. The zero-order valence-electron chi connectivity index (χ0n) is 15.6. The Kier molecular flexibility index (Phi) is 3.80. The van der Waals surface area contributed by atoms with Crippen molar-refractivity contribution < 1.29 is 19.3 Å². The molecule has 30 heavy (non-hydrogen) atoms. The van der Waals surface area contributed by atoms with Crippen LogP contribution in [0.4, 0.5) is 5.69 Å². The molecule has 2 atom stereocenters. The lowest BCUT2D eigenvalue weighted by atomic mass is 9.91. The molecule has 5 rings (SSSR count). The van der Waals surface area contributed by atoms with E-state index < -0.39 is 22.2 Å². The van der Waals surface area contributed by atoms with Crippen molar-refractivity contribution in [2.45, 2.75) is 5.92 Å². The van der Waals surface area contributed by atoms with Crippen LogP contribution in [0.5, 0.6) is 0 Å². The molecule has 0 saturated heterocycles. The highest BCUT2D eigenvalue weighted by Crippen LogP contribution is 2.70. The van der Waals surface area contributed by atoms with E-state index in [1.54, 1.807) is 54.6 Å². The average Bonchev–Trinajstić information content (AvgIpc) is 3.43. The van der Waals surface area contributed by atoms with Crippen LogP contribution in [-0.2, 0) is 0 Å². The number of hydrogen-bond donors (Lipinski definition) is 0. The second-order valence-corrected chi connectivity index (χ2v) is 7.61. The molecule has 0 bridgehead atoms. The highest BCUT2D eigenvalue weighted by atomic mass is 16.6. The molecule has 0 aromatic heterocycles. The molecule has 2 aliphatic carbocycles. The lowest BCUT2D eigenvalue weighted by Crippen LogP contribution is -2.23. The number of carbonyl (C=O) groups excluding carboxylic acids is 3. The Labute approximate surface area is 171 Å². The van der Waals surface area contributed by atoms with Gasteiger partial charge in [0.25, 0.3) is 5.69 Å². The summed E-state index contributed by atoms with van der Waals surface area (Å²) in [5.74, 6) is -2.46. The molecule has 0 radical (unpaired) electrons. The third-order valence-corrected chi connectivity index (χ3v) is 6.18. The largest absolute Gasteiger partial charge is 0.294 e. The van der Waals surface area contributed by atoms with Gasteiger partial charge in [-0.05, 0) is 5.56 Å². The van der Waals surface area contributed by atoms with E-state index in [0.717, 1.165) is 0 Å². The van der Waals surface area contributed by atoms with Gasteiger partial charge in [0.15, 0.2) is 17.3 Å². The Balaban J connectivity index is 1.64. The molecule has 146 valence electrons. The summed E-state index contributed by atoms with van der Waals surface area (Å²) in [5, 5.41) is 11.0. The van der Waals surface area contributed by atoms with Gasteiger partial charge >= 0.3 is 0 Å². The Morgan fingerprint density at radius 2 is 1.33 bits per heavy atom. The second kappa shape index (κ2) is 6.29. The third kappa shape index (κ3) is 2.27. The van der Waals surface area contributed by atoms with Crippen LogP contribution in [0, 0.1) is 21.4 Å². The maximum absolute atomic E-state index is 13.4. The molecule has 3 aromatic carbocycles. The van der Waals surface area contributed by atoms with E-state index >= 15 is 0 Å². The molecule has 1 fully saturated rings. The normalized spacial score (nSPS) is 20.8. The van der Waals surface area contributed by atoms with E-state index in [2.05, 4.69) is 0 Å². The SMILES string of the molecule is O=C(c1ccccc1)[C@H]1[C@H](c2ccc([N+](=O)[O-])cc2)C12C(=O)c1ccccc1C2=O. The fraction of sp³-hybridized carbons (Fsp3) is 0.125. The van der Waals surface area contributed by atoms with Gasteiger partial charge < -0.3 is 0 Å². The van der Waals surface area contributed by atoms with Gasteiger partial charge in [-0.1, -0.05) is 66.7 Å². The zero-order chi connectivity index (χ0) is 21.0. The first-order valence-electron chi connectivity index (χ1n) is 9.50. The molecule has 1 saturated carbocycles. The van der Waals surface area contributed by atoms with Crippen LogP contribution in [0.25, 0.3) is 0 Å². The maximum atomic E-state index is 13.4. The average molecular weight is 397 g/mol. The highest BCUT2D eigenvalue weighted by molar-refractivity contribution is 6.35. The number of carbonyl (C=O) groups is 3. The standard InChI is InChI=1S/C24H15NO5/c26-21(15-6-2-1-3-7-15)20-19(14-10-12-16(13-11-14)25(29)30)24(20)22(27)17-8-4-5-9-18(17)23(24)28/h1-13,19-20H/t19-,20+/m0/s1. The summed E-state index contributed by atoms with van der Waals surface area (Å²) < 4.78 is 0. The smallest absolute Gasteiger partial charge is 0.269 e. The van der Waals surface area contributed by atoms with Crippen molar-refractivity contribution in [3.8, 4) is 0 Å². The van der Waals surface area contributed by atoms with Crippen molar-refractivity contribution in [3.63, 3.8) is 0 Å². The van der Waals surface area contributed by atoms with Crippen molar-refractivity contribution in [2.75, 3.05) is 0 Å². The topological polar surface area (TPSA) is 94.3 Å². The van der Waals surface area contributed by atoms with E-state index in [-0.39, 0.29) is 23.0 Å². The number of nitrogens with zero attached hydrogens (tertiary/aromatic N) is 1. The van der Waals surface area contributed by atoms with Crippen LogP contribution >= 0.6 is 0 Å². The Hall–Kier alpha value is -3.93. The predicted octanol–water partition coefficient (Wildman–Crippen LogP) is 4.26. The first-order valence-corrected chi connectivity index (χ1v) is 9.50. The summed E-state index contributed by atoms with van der Waals surface area (Å²) in [6.07, 6.45) is 0. The number of benzene rings is 3. The van der Waals surface area contributed by atoms with Crippen LogP contribution < -0.4 is 0 Å². The molecule has 1 spiro atoms. The molecule has 0 amide bonds. The first-order chi connectivity index (χ1) is 14.5. The fourth-order valence-electron chi connectivity index (χ4n) is 4.78. The molecule has 6 heteroatoms. The minimum atomic E-state index is -1.48. The number of ketones is 3. The lowest BCUT2D eigenvalue weighted by Gasteiger charge is -2.07. The van der Waals surface area contributed by atoms with E-state index in [4.69, 9.17) is 0 Å². The van der Waals surface area contributed by atoms with Gasteiger partial charge in [0, 0.05) is 34.7 Å². The van der Waals surface area contributed by atoms with E-state index in [9.17, 15) is 24.5 Å². The van der Waals surface area contributed by atoms with E-state index in [1.165, 1.54) is 24.3 Å². The number of rotatable bonds is 4. The van der Waals surface area contributed by atoms with Gasteiger partial charge in [-0.2, -0.15) is 0 Å². The van der Waals surface area contributed by atoms with Crippen molar-refractivity contribution >= 4 is 23.0 Å². The fourth-order valence-corrected chi connectivity index (χ4v) is 4.78. The van der Waals surface area contributed by atoms with Crippen molar-refractivity contribution in [1.29, 1.82) is 0 Å². The quantitative estimate of drug-likeness (QED) is 0.284. The predicted molar refractivity (Wildman–Crippen MR) is 108 cm³/mol. The molecular formula is C24H15NO5. The summed E-state index contributed by atoms with van der Waals surface area (Å²) in [5.41, 5.74) is 0.0988. The van der Waals surface area contributed by atoms with E-state index in [1.807, 2.05) is 0 Å². The Bertz CT molecular complexity index is 1190. The van der Waals surface area contributed by atoms with Crippen LogP contribution in [-0.4, -0.2) is 22.3 Å². The molecule has 0 aliphatic heterocycles. The number of fused-ring (bicyclic) bond motifs is 1. The number of nitro groups is 1. The summed E-state index contributed by atoms with van der Waals surface area (Å²) >= 11 is 0. The molecule has 0 N–H and O–H groups in total. The van der Waals surface area contributed by atoms with Crippen LogP contribution in [0.3, 0.4) is 0 Å². The summed E-state index contributed by atoms with van der Waals surface area (Å²) in [7, 11) is 0. The number of non-ortho nitro benzene ring substituents is 1. The zero-order valence-corrected chi connectivity index (χ0v) is 15.6. The number of hydrogen-bond acceptors (Lipinski definition) is 5. The van der Waals surface area contributed by atoms with Crippen molar-refractivity contribution in [3.05, 3.63) is 111 Å². The summed E-state index contributed by atoms with van der Waals surface area (Å²) in [4.78, 5) is 50.7. The van der Waals surface area contributed by atoms with E-state index in [0.29, 0.717) is 22.3 Å². The molecule has 2 aliphatic rings. The van der Waals surface area contributed by atoms with Gasteiger partial charge in [0.2, 0.25) is 0 Å². The molecule has 6 nitrogen and oxygen atoms in total. The van der Waals surface area contributed by atoms with Gasteiger partial charge in [0.1, 0.15) is 5.41 Å².